The molecule has 0 spiro atoms. The molecule has 25 heavy (non-hydrogen) atoms. The van der Waals surface area contributed by atoms with Crippen molar-refractivity contribution in [1.82, 2.24) is 19.8 Å². The summed E-state index contributed by atoms with van der Waals surface area (Å²) in [5, 5.41) is 6.93. The molecule has 0 unspecified atom stereocenters. The second-order valence-corrected chi connectivity index (χ2v) is 8.03. The molecule has 1 fully saturated rings. The lowest BCUT2D eigenvalue weighted by atomic mass is 9.96. The van der Waals surface area contributed by atoms with Crippen LogP contribution in [0, 0.1) is 16.4 Å². The number of rotatable bonds is 4. The maximum atomic E-state index is 12.5. The summed E-state index contributed by atoms with van der Waals surface area (Å²) in [5.41, 5.74) is 1.41. The summed E-state index contributed by atoms with van der Waals surface area (Å²) < 4.78 is 4.78. The Balaban J connectivity index is 1.48. The first-order valence-corrected chi connectivity index (χ1v) is 10.0. The normalized spacial score (nSPS) is 15.2. The minimum absolute atomic E-state index is 0.0221. The molecule has 132 valence electrons. The Morgan fingerprint density at radius 1 is 1.32 bits per heavy atom. The van der Waals surface area contributed by atoms with Crippen LogP contribution in [0.15, 0.2) is 24.3 Å². The van der Waals surface area contributed by atoms with E-state index in [1.54, 1.807) is 0 Å². The molecule has 0 atom stereocenters. The number of carbonyl (C=O) groups is 2. The van der Waals surface area contributed by atoms with E-state index >= 15 is 0 Å². The highest BCUT2D eigenvalue weighted by atomic mass is 127. The summed E-state index contributed by atoms with van der Waals surface area (Å²) in [4.78, 5) is 27.2. The van der Waals surface area contributed by atoms with Crippen molar-refractivity contribution in [3.8, 4) is 0 Å². The van der Waals surface area contributed by atoms with Gasteiger partial charge < -0.3 is 10.2 Å². The summed E-state index contributed by atoms with van der Waals surface area (Å²) in [6.45, 7) is 3.87. The van der Waals surface area contributed by atoms with Crippen molar-refractivity contribution in [2.75, 3.05) is 19.6 Å². The minimum Gasteiger partial charge on any atom is -0.352 e. The lowest BCUT2D eigenvalue weighted by molar-refractivity contribution is 0.0688. The molecule has 8 heteroatoms. The number of hydrogen-bond donors (Lipinski definition) is 1. The fraction of sp³-hybridized carbons (Fsp3) is 0.412. The van der Waals surface area contributed by atoms with Crippen molar-refractivity contribution in [1.29, 1.82) is 0 Å². The van der Waals surface area contributed by atoms with Crippen LogP contribution in [0.5, 0.6) is 0 Å². The molecular formula is C17H19IN4O2S. The number of nitrogens with one attached hydrogen (secondary N) is 1. The van der Waals surface area contributed by atoms with Crippen LogP contribution in [-0.4, -0.2) is 45.9 Å². The number of aromatic nitrogens is 2. The molecule has 2 heterocycles. The Hall–Kier alpha value is -1.55. The van der Waals surface area contributed by atoms with E-state index in [-0.39, 0.29) is 11.8 Å². The van der Waals surface area contributed by atoms with Crippen LogP contribution in [0.2, 0.25) is 0 Å². The van der Waals surface area contributed by atoms with Gasteiger partial charge in [-0.1, -0.05) is 16.6 Å². The number of halogens is 1. The van der Waals surface area contributed by atoms with Gasteiger partial charge in [-0.25, -0.2) is 0 Å². The van der Waals surface area contributed by atoms with Gasteiger partial charge in [0.2, 0.25) is 0 Å². The Morgan fingerprint density at radius 3 is 2.68 bits per heavy atom. The van der Waals surface area contributed by atoms with E-state index in [4.69, 9.17) is 0 Å². The molecule has 1 aliphatic heterocycles. The van der Waals surface area contributed by atoms with Gasteiger partial charge in [0.15, 0.2) is 0 Å². The van der Waals surface area contributed by atoms with Gasteiger partial charge in [-0.05, 0) is 71.9 Å². The van der Waals surface area contributed by atoms with Crippen molar-refractivity contribution in [3.05, 3.63) is 44.0 Å². The van der Waals surface area contributed by atoms with Gasteiger partial charge in [0, 0.05) is 23.2 Å². The van der Waals surface area contributed by atoms with Crippen LogP contribution < -0.4 is 5.32 Å². The molecule has 2 amide bonds. The summed E-state index contributed by atoms with van der Waals surface area (Å²) in [7, 11) is 0. The van der Waals surface area contributed by atoms with Crippen molar-refractivity contribution in [2.24, 2.45) is 5.92 Å². The van der Waals surface area contributed by atoms with Gasteiger partial charge >= 0.3 is 0 Å². The smallest absolute Gasteiger partial charge is 0.267 e. The Morgan fingerprint density at radius 2 is 2.04 bits per heavy atom. The fourth-order valence-electron chi connectivity index (χ4n) is 2.89. The molecule has 6 nitrogen and oxygen atoms in total. The first kappa shape index (κ1) is 18.2. The Kier molecular flexibility index (Phi) is 6.00. The summed E-state index contributed by atoms with van der Waals surface area (Å²) >= 11 is 3.33. The van der Waals surface area contributed by atoms with Gasteiger partial charge in [0.25, 0.3) is 11.8 Å². The Labute approximate surface area is 164 Å². The standard InChI is InChI=1S/C17H19IN4O2S/c1-11-15(25-21-20-11)17(24)22-8-6-12(7-9-22)10-19-16(23)13-4-2-3-5-14(13)18/h2-5,12H,6-10H2,1H3,(H,19,23). The molecule has 2 aromatic rings. The zero-order valence-corrected chi connectivity index (χ0v) is 16.8. The van der Waals surface area contributed by atoms with Crippen LogP contribution >= 0.6 is 34.1 Å². The average Bonchev–Trinajstić information content (AvgIpc) is 3.06. The summed E-state index contributed by atoms with van der Waals surface area (Å²) in [5.74, 6) is 0.388. The molecule has 1 N–H and O–H groups in total. The van der Waals surface area contributed by atoms with E-state index in [0.717, 1.165) is 27.9 Å². The van der Waals surface area contributed by atoms with Gasteiger partial charge in [0.05, 0.1) is 11.3 Å². The highest BCUT2D eigenvalue weighted by Gasteiger charge is 2.26. The van der Waals surface area contributed by atoms with E-state index in [0.29, 0.717) is 41.7 Å². The van der Waals surface area contributed by atoms with E-state index in [9.17, 15) is 9.59 Å². The first-order chi connectivity index (χ1) is 12.1. The molecule has 0 radical (unpaired) electrons. The topological polar surface area (TPSA) is 75.2 Å². The molecule has 1 aromatic heterocycles. The lowest BCUT2D eigenvalue weighted by Crippen LogP contribution is -2.41. The van der Waals surface area contributed by atoms with E-state index in [1.165, 1.54) is 0 Å². The zero-order chi connectivity index (χ0) is 17.8. The molecule has 0 bridgehead atoms. The maximum absolute atomic E-state index is 12.5. The second-order valence-electron chi connectivity index (χ2n) is 6.11. The third-order valence-electron chi connectivity index (χ3n) is 4.42. The van der Waals surface area contributed by atoms with Crippen LogP contribution in [0.4, 0.5) is 0 Å². The number of benzene rings is 1. The predicted molar refractivity (Wildman–Crippen MR) is 105 cm³/mol. The molecule has 0 saturated carbocycles. The summed E-state index contributed by atoms with van der Waals surface area (Å²) in [6, 6.07) is 7.56. The van der Waals surface area contributed by atoms with Crippen LogP contribution in [0.25, 0.3) is 0 Å². The van der Waals surface area contributed by atoms with Crippen molar-refractivity contribution in [2.45, 2.75) is 19.8 Å². The average molecular weight is 470 g/mol. The van der Waals surface area contributed by atoms with Crippen molar-refractivity contribution < 1.29 is 9.59 Å². The monoisotopic (exact) mass is 470 g/mol. The van der Waals surface area contributed by atoms with Gasteiger partial charge in [-0.2, -0.15) is 0 Å². The molecule has 3 rings (SSSR count). The second kappa shape index (κ2) is 8.22. The first-order valence-electron chi connectivity index (χ1n) is 8.17. The number of nitrogens with zero attached hydrogens (tertiary/aromatic N) is 3. The number of hydrogen-bond acceptors (Lipinski definition) is 5. The molecule has 1 aromatic carbocycles. The highest BCUT2D eigenvalue weighted by Crippen LogP contribution is 2.21. The van der Waals surface area contributed by atoms with Gasteiger partial charge in [0.1, 0.15) is 4.88 Å². The fourth-order valence-corrected chi connectivity index (χ4v) is 4.15. The molecule has 0 aliphatic carbocycles. The van der Waals surface area contributed by atoms with Gasteiger partial charge in [-0.3, -0.25) is 9.59 Å². The van der Waals surface area contributed by atoms with Crippen molar-refractivity contribution >= 4 is 45.9 Å². The van der Waals surface area contributed by atoms with Crippen molar-refractivity contribution in [3.63, 3.8) is 0 Å². The van der Waals surface area contributed by atoms with E-state index < -0.39 is 0 Å². The zero-order valence-electron chi connectivity index (χ0n) is 13.9. The number of amides is 2. The van der Waals surface area contributed by atoms with Crippen LogP contribution in [0.3, 0.4) is 0 Å². The molecule has 1 aliphatic rings. The largest absolute Gasteiger partial charge is 0.352 e. The highest BCUT2D eigenvalue weighted by molar-refractivity contribution is 14.1. The third-order valence-corrected chi connectivity index (χ3v) is 6.17. The quantitative estimate of drug-likeness (QED) is 0.698. The number of carbonyl (C=O) groups excluding carboxylic acids is 2. The molecule has 1 saturated heterocycles. The van der Waals surface area contributed by atoms with Crippen LogP contribution in [0.1, 0.15) is 38.6 Å². The third kappa shape index (κ3) is 4.35. The van der Waals surface area contributed by atoms with Gasteiger partial charge in [-0.15, -0.1) is 5.10 Å². The number of likely N-dealkylation sites (tertiary alicyclic amines) is 1. The SMILES string of the molecule is Cc1nnsc1C(=O)N1CCC(CNC(=O)c2ccccc2I)CC1. The summed E-state index contributed by atoms with van der Waals surface area (Å²) in [6.07, 6.45) is 1.78. The number of piperidine rings is 1. The van der Waals surface area contributed by atoms with E-state index in [2.05, 4.69) is 37.5 Å². The molecular weight excluding hydrogens is 451 g/mol. The minimum atomic E-state index is -0.0325. The Bertz CT molecular complexity index is 772. The van der Waals surface area contributed by atoms with E-state index in [1.807, 2.05) is 36.1 Å². The maximum Gasteiger partial charge on any atom is 0.267 e. The van der Waals surface area contributed by atoms with Crippen LogP contribution in [-0.2, 0) is 0 Å². The number of aryl methyl sites for hydroxylation is 1. The predicted octanol–water partition coefficient (Wildman–Crippen LogP) is 2.73. The lowest BCUT2D eigenvalue weighted by Gasteiger charge is -2.31.